The van der Waals surface area contributed by atoms with Crippen LogP contribution in [0.1, 0.15) is 37.1 Å². The van der Waals surface area contributed by atoms with Crippen LogP contribution in [0.15, 0.2) is 17.0 Å². The molecule has 6 heteroatoms. The Morgan fingerprint density at radius 2 is 2.43 bits per heavy atom. The van der Waals surface area contributed by atoms with Crippen LogP contribution in [0, 0.1) is 6.92 Å². The number of nitrogens with zero attached hydrogens (tertiary/aromatic N) is 2. The van der Waals surface area contributed by atoms with Crippen LogP contribution in [0.3, 0.4) is 0 Å². The molecule has 0 aromatic carbocycles. The molecule has 1 atom stereocenters. The van der Waals surface area contributed by atoms with Gasteiger partial charge in [0.1, 0.15) is 11.1 Å². The largest absolute Gasteiger partial charge is 0.367 e. The van der Waals surface area contributed by atoms with Gasteiger partial charge in [0, 0.05) is 24.2 Å². The number of allylic oxidation sites excluding steroid dienone is 1. The van der Waals surface area contributed by atoms with E-state index in [1.165, 1.54) is 5.57 Å². The SMILES string of the molecule is CC(C)=CCCNC(=O)N1CCO[C@@H](c2nc(C)cs2)C1. The quantitative estimate of drug-likeness (QED) is 0.687. The first kappa shape index (κ1) is 16.0. The molecule has 1 aromatic heterocycles. The van der Waals surface area contributed by atoms with Crippen LogP contribution in [0.4, 0.5) is 4.79 Å². The molecule has 1 aliphatic rings. The summed E-state index contributed by atoms with van der Waals surface area (Å²) < 4.78 is 5.73. The highest BCUT2D eigenvalue weighted by Crippen LogP contribution is 2.25. The Morgan fingerprint density at radius 3 is 3.10 bits per heavy atom. The predicted molar refractivity (Wildman–Crippen MR) is 84.6 cm³/mol. The maximum atomic E-state index is 12.1. The molecule has 2 amide bonds. The molecule has 0 radical (unpaired) electrons. The third-order valence-corrected chi connectivity index (χ3v) is 4.29. The summed E-state index contributed by atoms with van der Waals surface area (Å²) in [6.07, 6.45) is 2.90. The van der Waals surface area contributed by atoms with Gasteiger partial charge in [0.05, 0.1) is 13.2 Å². The van der Waals surface area contributed by atoms with E-state index in [-0.39, 0.29) is 12.1 Å². The zero-order chi connectivity index (χ0) is 15.2. The lowest BCUT2D eigenvalue weighted by molar-refractivity contribution is -0.0155. The van der Waals surface area contributed by atoms with Crippen molar-refractivity contribution < 1.29 is 9.53 Å². The fourth-order valence-corrected chi connectivity index (χ4v) is 2.99. The van der Waals surface area contributed by atoms with Crippen molar-refractivity contribution in [2.45, 2.75) is 33.3 Å². The zero-order valence-electron chi connectivity index (χ0n) is 12.9. The molecule has 2 rings (SSSR count). The van der Waals surface area contributed by atoms with Crippen LogP contribution in [-0.4, -0.2) is 42.2 Å². The second-order valence-corrected chi connectivity index (χ2v) is 6.32. The molecular weight excluding hydrogens is 286 g/mol. The monoisotopic (exact) mass is 309 g/mol. The number of aromatic nitrogens is 1. The normalized spacial score (nSPS) is 18.4. The number of aryl methyl sites for hydroxylation is 1. The van der Waals surface area contributed by atoms with Gasteiger partial charge in [-0.1, -0.05) is 11.6 Å². The average Bonchev–Trinajstić information content (AvgIpc) is 2.90. The van der Waals surface area contributed by atoms with Crippen molar-refractivity contribution >= 4 is 17.4 Å². The van der Waals surface area contributed by atoms with Gasteiger partial charge in [-0.05, 0) is 27.2 Å². The summed E-state index contributed by atoms with van der Waals surface area (Å²) in [7, 11) is 0. The molecule has 1 N–H and O–H groups in total. The van der Waals surface area contributed by atoms with Crippen LogP contribution in [0.5, 0.6) is 0 Å². The summed E-state index contributed by atoms with van der Waals surface area (Å²) >= 11 is 1.59. The minimum atomic E-state index is -0.0963. The molecule has 0 aliphatic carbocycles. The molecule has 2 heterocycles. The highest BCUT2D eigenvalue weighted by molar-refractivity contribution is 7.09. The molecule has 0 unspecified atom stereocenters. The number of hydrogen-bond donors (Lipinski definition) is 1. The van der Waals surface area contributed by atoms with Gasteiger partial charge in [0.25, 0.3) is 0 Å². The first-order valence-electron chi connectivity index (χ1n) is 7.26. The third kappa shape index (κ3) is 4.82. The van der Waals surface area contributed by atoms with Crippen molar-refractivity contribution in [2.24, 2.45) is 0 Å². The highest BCUT2D eigenvalue weighted by Gasteiger charge is 2.26. The van der Waals surface area contributed by atoms with Crippen molar-refractivity contribution in [2.75, 3.05) is 26.2 Å². The molecule has 0 saturated carbocycles. The molecule has 1 saturated heterocycles. The molecule has 1 aliphatic heterocycles. The Bertz CT molecular complexity index is 509. The molecule has 5 nitrogen and oxygen atoms in total. The molecule has 0 bridgehead atoms. The van der Waals surface area contributed by atoms with Gasteiger partial charge in [-0.15, -0.1) is 11.3 Å². The number of ether oxygens (including phenoxy) is 1. The topological polar surface area (TPSA) is 54.5 Å². The van der Waals surface area contributed by atoms with Crippen LogP contribution < -0.4 is 5.32 Å². The lowest BCUT2D eigenvalue weighted by atomic mass is 10.2. The second-order valence-electron chi connectivity index (χ2n) is 5.43. The first-order chi connectivity index (χ1) is 10.1. The highest BCUT2D eigenvalue weighted by atomic mass is 32.1. The summed E-state index contributed by atoms with van der Waals surface area (Å²) in [4.78, 5) is 18.4. The van der Waals surface area contributed by atoms with Gasteiger partial charge >= 0.3 is 6.03 Å². The van der Waals surface area contributed by atoms with Gasteiger partial charge in [-0.3, -0.25) is 0 Å². The van der Waals surface area contributed by atoms with Gasteiger partial charge < -0.3 is 15.0 Å². The number of amides is 2. The fourth-order valence-electron chi connectivity index (χ4n) is 2.15. The van der Waals surface area contributed by atoms with Crippen LogP contribution in [0.2, 0.25) is 0 Å². The smallest absolute Gasteiger partial charge is 0.317 e. The van der Waals surface area contributed by atoms with E-state index in [2.05, 4.69) is 30.2 Å². The van der Waals surface area contributed by atoms with Crippen molar-refractivity contribution in [3.8, 4) is 0 Å². The fraction of sp³-hybridized carbons (Fsp3) is 0.600. The number of carbonyl (C=O) groups is 1. The van der Waals surface area contributed by atoms with E-state index in [1.54, 1.807) is 11.3 Å². The van der Waals surface area contributed by atoms with Crippen molar-refractivity contribution in [1.82, 2.24) is 15.2 Å². The lowest BCUT2D eigenvalue weighted by Crippen LogP contribution is -2.47. The number of carbonyl (C=O) groups excluding carboxylic acids is 1. The lowest BCUT2D eigenvalue weighted by Gasteiger charge is -2.32. The second kappa shape index (κ2) is 7.56. The maximum Gasteiger partial charge on any atom is 0.317 e. The zero-order valence-corrected chi connectivity index (χ0v) is 13.7. The number of thiazole rings is 1. The predicted octanol–water partition coefficient (Wildman–Crippen LogP) is 2.89. The van der Waals surface area contributed by atoms with Crippen LogP contribution in [-0.2, 0) is 4.74 Å². The summed E-state index contributed by atoms with van der Waals surface area (Å²) in [5.41, 5.74) is 2.27. The van der Waals surface area contributed by atoms with Gasteiger partial charge in [-0.25, -0.2) is 9.78 Å². The minimum Gasteiger partial charge on any atom is -0.367 e. The van der Waals surface area contributed by atoms with Gasteiger partial charge in [-0.2, -0.15) is 0 Å². The van der Waals surface area contributed by atoms with E-state index in [0.29, 0.717) is 26.2 Å². The van der Waals surface area contributed by atoms with Crippen molar-refractivity contribution in [3.63, 3.8) is 0 Å². The summed E-state index contributed by atoms with van der Waals surface area (Å²) in [5, 5.41) is 5.92. The van der Waals surface area contributed by atoms with Gasteiger partial charge in [0.15, 0.2) is 0 Å². The Hall–Kier alpha value is -1.40. The Morgan fingerprint density at radius 1 is 1.62 bits per heavy atom. The van der Waals surface area contributed by atoms with E-state index in [0.717, 1.165) is 17.1 Å². The number of rotatable bonds is 4. The number of hydrogen-bond acceptors (Lipinski definition) is 4. The third-order valence-electron chi connectivity index (χ3n) is 3.24. The molecule has 116 valence electrons. The summed E-state index contributed by atoms with van der Waals surface area (Å²) in [5.74, 6) is 0. The maximum absolute atomic E-state index is 12.1. The van der Waals surface area contributed by atoms with E-state index < -0.39 is 0 Å². The van der Waals surface area contributed by atoms with E-state index in [4.69, 9.17) is 4.74 Å². The van der Waals surface area contributed by atoms with Crippen LogP contribution >= 0.6 is 11.3 Å². The Balaban J connectivity index is 1.83. The van der Waals surface area contributed by atoms with E-state index in [1.807, 2.05) is 17.2 Å². The Labute approximate surface area is 130 Å². The standard InChI is InChI=1S/C15H23N3O2S/c1-11(2)5-4-6-16-15(19)18-7-8-20-13(9-18)14-17-12(3)10-21-14/h5,10,13H,4,6-9H2,1-3H3,(H,16,19)/t13-/m1/s1. The van der Waals surface area contributed by atoms with E-state index in [9.17, 15) is 4.79 Å². The Kier molecular flexibility index (Phi) is 5.76. The molecule has 1 aromatic rings. The van der Waals surface area contributed by atoms with Crippen LogP contribution in [0.25, 0.3) is 0 Å². The molecule has 1 fully saturated rings. The summed E-state index contributed by atoms with van der Waals surface area (Å²) in [6, 6.07) is -0.0151. The molecular formula is C15H23N3O2S. The number of urea groups is 1. The van der Waals surface area contributed by atoms with Gasteiger partial charge in [0.2, 0.25) is 0 Å². The number of morpholine rings is 1. The van der Waals surface area contributed by atoms with Crippen molar-refractivity contribution in [3.05, 3.63) is 27.7 Å². The minimum absolute atomic E-state index is 0.0151. The average molecular weight is 309 g/mol. The molecule has 21 heavy (non-hydrogen) atoms. The molecule has 0 spiro atoms. The summed E-state index contributed by atoms with van der Waals surface area (Å²) in [6.45, 7) is 8.52. The first-order valence-corrected chi connectivity index (χ1v) is 8.14. The number of nitrogens with one attached hydrogen (secondary N) is 1. The van der Waals surface area contributed by atoms with Crippen molar-refractivity contribution in [1.29, 1.82) is 0 Å². The van der Waals surface area contributed by atoms with E-state index >= 15 is 0 Å².